The van der Waals surface area contributed by atoms with Crippen molar-refractivity contribution in [2.75, 3.05) is 20.6 Å². The first-order chi connectivity index (χ1) is 6.45. The maximum atomic E-state index is 11.6. The summed E-state index contributed by atoms with van der Waals surface area (Å²) in [5, 5.41) is 0. The molecular formula is C9H17N3O2. The van der Waals surface area contributed by atoms with Crippen LogP contribution in [0.2, 0.25) is 0 Å². The van der Waals surface area contributed by atoms with Crippen LogP contribution < -0.4 is 5.73 Å². The monoisotopic (exact) mass is 199 g/mol. The molecule has 0 saturated carbocycles. The van der Waals surface area contributed by atoms with Crippen LogP contribution in [0.15, 0.2) is 0 Å². The zero-order valence-corrected chi connectivity index (χ0v) is 8.86. The van der Waals surface area contributed by atoms with E-state index in [-0.39, 0.29) is 17.9 Å². The maximum absolute atomic E-state index is 11.6. The number of amides is 2. The lowest BCUT2D eigenvalue weighted by molar-refractivity contribution is -0.140. The van der Waals surface area contributed by atoms with Gasteiger partial charge in [0, 0.05) is 20.6 Å². The summed E-state index contributed by atoms with van der Waals surface area (Å²) >= 11 is 0. The number of hydrogen-bond donors (Lipinski definition) is 1. The molecule has 0 spiro atoms. The molecule has 0 aliphatic carbocycles. The molecule has 0 aromatic carbocycles. The Bertz CT molecular complexity index is 252. The first-order valence-corrected chi connectivity index (χ1v) is 4.72. The van der Waals surface area contributed by atoms with Gasteiger partial charge in [-0.25, -0.2) is 0 Å². The number of hydrogen-bond acceptors (Lipinski definition) is 3. The third-order valence-corrected chi connectivity index (χ3v) is 2.60. The lowest BCUT2D eigenvalue weighted by Crippen LogP contribution is -2.48. The van der Waals surface area contributed by atoms with Crippen molar-refractivity contribution in [3.63, 3.8) is 0 Å². The summed E-state index contributed by atoms with van der Waals surface area (Å²) in [7, 11) is 3.37. The molecule has 0 bridgehead atoms. The van der Waals surface area contributed by atoms with E-state index >= 15 is 0 Å². The number of likely N-dealkylation sites (tertiary alicyclic amines) is 1. The highest BCUT2D eigenvalue weighted by Crippen LogP contribution is 2.14. The van der Waals surface area contributed by atoms with E-state index in [2.05, 4.69) is 0 Å². The Balaban J connectivity index is 2.66. The Hall–Kier alpha value is -1.10. The molecule has 2 amide bonds. The van der Waals surface area contributed by atoms with E-state index in [9.17, 15) is 9.59 Å². The zero-order chi connectivity index (χ0) is 10.9. The molecule has 0 aromatic heterocycles. The molecule has 2 atom stereocenters. The summed E-state index contributed by atoms with van der Waals surface area (Å²) in [5.41, 5.74) is 5.47. The van der Waals surface area contributed by atoms with Crippen molar-refractivity contribution in [1.29, 1.82) is 0 Å². The van der Waals surface area contributed by atoms with Crippen LogP contribution in [-0.2, 0) is 9.59 Å². The van der Waals surface area contributed by atoms with Crippen LogP contribution in [0, 0.1) is 0 Å². The first kappa shape index (κ1) is 11.0. The fourth-order valence-electron chi connectivity index (χ4n) is 1.64. The Morgan fingerprint density at radius 2 is 2.29 bits per heavy atom. The van der Waals surface area contributed by atoms with Crippen molar-refractivity contribution in [2.45, 2.75) is 25.4 Å². The largest absolute Gasteiger partial charge is 0.344 e. The van der Waals surface area contributed by atoms with Gasteiger partial charge in [0.1, 0.15) is 6.04 Å². The van der Waals surface area contributed by atoms with E-state index in [1.54, 1.807) is 25.9 Å². The summed E-state index contributed by atoms with van der Waals surface area (Å²) in [4.78, 5) is 26.2. The maximum Gasteiger partial charge on any atom is 0.245 e. The van der Waals surface area contributed by atoms with Crippen LogP contribution in [0.4, 0.5) is 0 Å². The van der Waals surface area contributed by atoms with Crippen LogP contribution in [0.1, 0.15) is 13.3 Å². The Kier molecular flexibility index (Phi) is 3.10. The fraction of sp³-hybridized carbons (Fsp3) is 0.778. The minimum absolute atomic E-state index is 0.00139. The van der Waals surface area contributed by atoms with Gasteiger partial charge in [0.2, 0.25) is 11.8 Å². The van der Waals surface area contributed by atoms with E-state index in [0.29, 0.717) is 13.0 Å². The molecule has 80 valence electrons. The Morgan fingerprint density at radius 3 is 2.64 bits per heavy atom. The average Bonchev–Trinajstić information content (AvgIpc) is 2.45. The number of carbonyl (C=O) groups excluding carboxylic acids is 2. The molecule has 2 N–H and O–H groups in total. The van der Waals surface area contributed by atoms with Gasteiger partial charge in [-0.3, -0.25) is 9.59 Å². The smallest absolute Gasteiger partial charge is 0.245 e. The lowest BCUT2D eigenvalue weighted by atomic mass is 10.2. The highest BCUT2D eigenvalue weighted by Gasteiger charge is 2.34. The predicted molar refractivity (Wildman–Crippen MR) is 52.5 cm³/mol. The van der Waals surface area contributed by atoms with Gasteiger partial charge in [-0.15, -0.1) is 0 Å². The van der Waals surface area contributed by atoms with Gasteiger partial charge in [-0.05, 0) is 13.3 Å². The molecule has 1 rings (SSSR count). The minimum atomic E-state index is -0.543. The topological polar surface area (TPSA) is 66.6 Å². The molecule has 1 unspecified atom stereocenters. The number of nitrogens with zero attached hydrogens (tertiary/aromatic N) is 2. The lowest BCUT2D eigenvalue weighted by Gasteiger charge is -2.24. The Labute approximate surface area is 83.8 Å². The summed E-state index contributed by atoms with van der Waals surface area (Å²) in [6, 6.07) is -0.864. The molecule has 1 aliphatic heterocycles. The second-order valence-corrected chi connectivity index (χ2v) is 3.80. The molecule has 1 aliphatic rings. The van der Waals surface area contributed by atoms with E-state index in [4.69, 9.17) is 5.73 Å². The van der Waals surface area contributed by atoms with Crippen molar-refractivity contribution >= 4 is 11.8 Å². The number of likely N-dealkylation sites (N-methyl/N-ethyl adjacent to an activating group) is 2. The second kappa shape index (κ2) is 3.96. The summed E-state index contributed by atoms with van der Waals surface area (Å²) < 4.78 is 0. The molecule has 1 saturated heterocycles. The van der Waals surface area contributed by atoms with Crippen molar-refractivity contribution in [1.82, 2.24) is 9.80 Å². The van der Waals surface area contributed by atoms with Gasteiger partial charge < -0.3 is 15.5 Å². The van der Waals surface area contributed by atoms with Crippen molar-refractivity contribution in [3.05, 3.63) is 0 Å². The number of carbonyl (C=O) groups is 2. The van der Waals surface area contributed by atoms with Crippen LogP contribution in [0.25, 0.3) is 0 Å². The highest BCUT2D eigenvalue weighted by atomic mass is 16.2. The van der Waals surface area contributed by atoms with E-state index < -0.39 is 6.04 Å². The predicted octanol–water partition coefficient (Wildman–Crippen LogP) is -0.977. The van der Waals surface area contributed by atoms with Crippen LogP contribution >= 0.6 is 0 Å². The van der Waals surface area contributed by atoms with Crippen LogP contribution in [0.5, 0.6) is 0 Å². The van der Waals surface area contributed by atoms with Crippen LogP contribution in [-0.4, -0.2) is 54.3 Å². The summed E-state index contributed by atoms with van der Waals surface area (Å²) in [6.07, 6.45) is 0.699. The van der Waals surface area contributed by atoms with Gasteiger partial charge in [-0.2, -0.15) is 0 Å². The molecule has 0 radical (unpaired) electrons. The van der Waals surface area contributed by atoms with E-state index in [1.165, 1.54) is 4.90 Å². The van der Waals surface area contributed by atoms with E-state index in [0.717, 1.165) is 0 Å². The molecule has 5 heteroatoms. The summed E-state index contributed by atoms with van der Waals surface area (Å²) in [6.45, 7) is 2.34. The van der Waals surface area contributed by atoms with Gasteiger partial charge in [0.15, 0.2) is 0 Å². The van der Waals surface area contributed by atoms with Crippen molar-refractivity contribution in [2.24, 2.45) is 5.73 Å². The molecule has 5 nitrogen and oxygen atoms in total. The standard InChI is InChI=1S/C9H17N3O2/c1-6(10)8(13)12(3)7-4-5-11(2)9(7)14/h6-7H,4-5,10H2,1-3H3/t6-,7?/m1/s1. The molecule has 1 heterocycles. The third-order valence-electron chi connectivity index (χ3n) is 2.60. The molecule has 1 fully saturated rings. The summed E-state index contributed by atoms with van der Waals surface area (Å²) in [5.74, 6) is -0.180. The van der Waals surface area contributed by atoms with Gasteiger partial charge in [0.05, 0.1) is 6.04 Å². The van der Waals surface area contributed by atoms with Gasteiger partial charge in [0.25, 0.3) is 0 Å². The first-order valence-electron chi connectivity index (χ1n) is 4.72. The molecular weight excluding hydrogens is 182 g/mol. The fourth-order valence-corrected chi connectivity index (χ4v) is 1.64. The van der Waals surface area contributed by atoms with Crippen molar-refractivity contribution < 1.29 is 9.59 Å². The second-order valence-electron chi connectivity index (χ2n) is 3.80. The highest BCUT2D eigenvalue weighted by molar-refractivity contribution is 5.90. The average molecular weight is 199 g/mol. The quantitative estimate of drug-likeness (QED) is 0.622. The van der Waals surface area contributed by atoms with Gasteiger partial charge in [-0.1, -0.05) is 0 Å². The van der Waals surface area contributed by atoms with Crippen LogP contribution in [0.3, 0.4) is 0 Å². The van der Waals surface area contributed by atoms with Crippen molar-refractivity contribution in [3.8, 4) is 0 Å². The minimum Gasteiger partial charge on any atom is -0.344 e. The molecule has 14 heavy (non-hydrogen) atoms. The van der Waals surface area contributed by atoms with Gasteiger partial charge >= 0.3 is 0 Å². The Morgan fingerprint density at radius 1 is 1.71 bits per heavy atom. The molecule has 0 aromatic rings. The van der Waals surface area contributed by atoms with E-state index in [1.807, 2.05) is 0 Å². The number of nitrogens with two attached hydrogens (primary N) is 1. The normalized spacial score (nSPS) is 23.9. The zero-order valence-electron chi connectivity index (χ0n) is 8.86. The third kappa shape index (κ3) is 1.87. The number of rotatable bonds is 2. The SMILES string of the molecule is C[C@@H](N)C(=O)N(C)C1CCN(C)C1=O.